The number of hydrogen-bond donors (Lipinski definition) is 1. The average Bonchev–Trinajstić information content (AvgIpc) is 3.22. The van der Waals surface area contributed by atoms with E-state index in [2.05, 4.69) is 39.3 Å². The van der Waals surface area contributed by atoms with Gasteiger partial charge >= 0.3 is 0 Å². The van der Waals surface area contributed by atoms with Crippen molar-refractivity contribution in [3.63, 3.8) is 0 Å². The van der Waals surface area contributed by atoms with Crippen molar-refractivity contribution in [2.24, 2.45) is 0 Å². The molecule has 0 aliphatic carbocycles. The van der Waals surface area contributed by atoms with Gasteiger partial charge in [0.25, 0.3) is 0 Å². The van der Waals surface area contributed by atoms with Crippen molar-refractivity contribution in [3.05, 3.63) is 60.4 Å². The van der Waals surface area contributed by atoms with E-state index in [1.807, 2.05) is 35.0 Å². The fourth-order valence-electron chi connectivity index (χ4n) is 3.25. The molecule has 8 heteroatoms. The van der Waals surface area contributed by atoms with E-state index < -0.39 is 0 Å². The smallest absolute Gasteiger partial charge is 0.154 e. The number of carbonyl (C=O) groups excluding carboxylic acids is 1. The Labute approximate surface area is 180 Å². The molecule has 0 amide bonds. The van der Waals surface area contributed by atoms with Crippen LogP contribution in [-0.4, -0.2) is 35.5 Å². The van der Waals surface area contributed by atoms with E-state index in [0.29, 0.717) is 24.0 Å². The molecule has 4 heterocycles. The standard InChI is InChI=1S/C23H25N7O/c1-15(2)17-9-23(29-26-11-17)28-22-8-7-20-21(27-22)10-19(12-24-20)30-13-18(25-14-30)6-4-5-16(3)31/h7-15H,4-6H2,1-3H3,(H,27,28,29). The third-order valence-corrected chi connectivity index (χ3v) is 5.02. The second kappa shape index (κ2) is 8.99. The summed E-state index contributed by atoms with van der Waals surface area (Å²) in [5.74, 6) is 1.91. The highest BCUT2D eigenvalue weighted by Gasteiger charge is 2.07. The minimum absolute atomic E-state index is 0.204. The van der Waals surface area contributed by atoms with Crippen LogP contribution >= 0.6 is 0 Å². The number of pyridine rings is 2. The predicted molar refractivity (Wildman–Crippen MR) is 120 cm³/mol. The molecular weight excluding hydrogens is 390 g/mol. The Balaban J connectivity index is 1.54. The molecule has 0 radical (unpaired) electrons. The summed E-state index contributed by atoms with van der Waals surface area (Å²) in [6, 6.07) is 7.76. The van der Waals surface area contributed by atoms with Crippen LogP contribution in [0.2, 0.25) is 0 Å². The summed E-state index contributed by atoms with van der Waals surface area (Å²) in [5, 5.41) is 11.4. The molecule has 0 saturated heterocycles. The maximum atomic E-state index is 11.1. The van der Waals surface area contributed by atoms with E-state index in [0.717, 1.165) is 40.8 Å². The van der Waals surface area contributed by atoms with Crippen molar-refractivity contribution in [3.8, 4) is 5.69 Å². The Morgan fingerprint density at radius 1 is 1.10 bits per heavy atom. The molecule has 0 bridgehead atoms. The molecule has 0 saturated carbocycles. The number of fused-ring (bicyclic) bond motifs is 1. The molecule has 0 unspecified atom stereocenters. The average molecular weight is 416 g/mol. The summed E-state index contributed by atoms with van der Waals surface area (Å²) in [7, 11) is 0. The summed E-state index contributed by atoms with van der Waals surface area (Å²) in [6.07, 6.45) is 9.47. The Hall–Kier alpha value is -3.68. The number of nitrogens with zero attached hydrogens (tertiary/aromatic N) is 6. The quantitative estimate of drug-likeness (QED) is 0.456. The zero-order valence-electron chi connectivity index (χ0n) is 17.9. The normalized spacial score (nSPS) is 11.2. The molecule has 0 aliphatic heterocycles. The number of carbonyl (C=O) groups is 1. The van der Waals surface area contributed by atoms with Gasteiger partial charge in [-0.25, -0.2) is 9.97 Å². The first-order valence-corrected chi connectivity index (χ1v) is 10.4. The van der Waals surface area contributed by atoms with Crippen molar-refractivity contribution in [2.45, 2.75) is 46.0 Å². The summed E-state index contributed by atoms with van der Waals surface area (Å²) in [5.41, 5.74) is 4.51. The van der Waals surface area contributed by atoms with Crippen LogP contribution in [0, 0.1) is 0 Å². The van der Waals surface area contributed by atoms with Crippen molar-refractivity contribution in [1.29, 1.82) is 0 Å². The minimum Gasteiger partial charge on any atom is -0.323 e. The monoisotopic (exact) mass is 415 g/mol. The first-order chi connectivity index (χ1) is 15.0. The van der Waals surface area contributed by atoms with Gasteiger partial charge in [-0.05, 0) is 55.5 Å². The molecule has 0 atom stereocenters. The number of rotatable bonds is 8. The lowest BCUT2D eigenvalue weighted by Gasteiger charge is -2.09. The first-order valence-electron chi connectivity index (χ1n) is 10.4. The van der Waals surface area contributed by atoms with E-state index in [1.54, 1.807) is 25.6 Å². The molecule has 158 valence electrons. The number of aryl methyl sites for hydroxylation is 1. The number of nitrogens with one attached hydrogen (secondary N) is 1. The molecule has 4 aromatic rings. The van der Waals surface area contributed by atoms with Crippen LogP contribution in [0.1, 0.15) is 50.8 Å². The molecule has 1 N–H and O–H groups in total. The molecule has 31 heavy (non-hydrogen) atoms. The fraction of sp³-hybridized carbons (Fsp3) is 0.304. The molecule has 0 aromatic carbocycles. The zero-order chi connectivity index (χ0) is 21.8. The Morgan fingerprint density at radius 2 is 1.97 bits per heavy atom. The third-order valence-electron chi connectivity index (χ3n) is 5.02. The van der Waals surface area contributed by atoms with E-state index in [1.165, 1.54) is 0 Å². The van der Waals surface area contributed by atoms with Crippen LogP contribution in [0.5, 0.6) is 0 Å². The number of Topliss-reactive ketones (excluding diaryl/α,β-unsaturated/α-hetero) is 1. The van der Waals surface area contributed by atoms with Gasteiger partial charge < -0.3 is 14.7 Å². The van der Waals surface area contributed by atoms with Crippen LogP contribution in [0.25, 0.3) is 16.7 Å². The highest BCUT2D eigenvalue weighted by atomic mass is 16.1. The van der Waals surface area contributed by atoms with Crippen molar-refractivity contribution >= 4 is 28.5 Å². The number of hydrogen-bond acceptors (Lipinski definition) is 7. The lowest BCUT2D eigenvalue weighted by atomic mass is 10.1. The SMILES string of the molecule is CC(=O)CCCc1cn(-c2cnc3ccc(Nc4cc(C(C)C)cnn4)nc3c2)cn1. The number of aromatic nitrogens is 6. The van der Waals surface area contributed by atoms with Crippen molar-refractivity contribution in [1.82, 2.24) is 29.7 Å². The Morgan fingerprint density at radius 3 is 2.77 bits per heavy atom. The molecule has 4 rings (SSSR count). The van der Waals surface area contributed by atoms with Gasteiger partial charge in [0.2, 0.25) is 0 Å². The largest absolute Gasteiger partial charge is 0.323 e. The van der Waals surface area contributed by atoms with E-state index in [9.17, 15) is 4.79 Å². The summed E-state index contributed by atoms with van der Waals surface area (Å²) >= 11 is 0. The highest BCUT2D eigenvalue weighted by molar-refractivity contribution is 5.78. The van der Waals surface area contributed by atoms with Gasteiger partial charge in [0.1, 0.15) is 11.6 Å². The van der Waals surface area contributed by atoms with Gasteiger partial charge in [0.15, 0.2) is 5.82 Å². The molecule has 8 nitrogen and oxygen atoms in total. The maximum Gasteiger partial charge on any atom is 0.154 e. The number of ketones is 1. The molecule has 0 spiro atoms. The Bertz CT molecular complexity index is 1220. The first kappa shape index (κ1) is 20.6. The molecule has 0 fully saturated rings. The van der Waals surface area contributed by atoms with E-state index >= 15 is 0 Å². The molecule has 0 aliphatic rings. The van der Waals surface area contributed by atoms with E-state index in [4.69, 9.17) is 4.98 Å². The second-order valence-electron chi connectivity index (χ2n) is 7.91. The second-order valence-corrected chi connectivity index (χ2v) is 7.91. The van der Waals surface area contributed by atoms with Gasteiger partial charge in [-0.3, -0.25) is 4.98 Å². The fourth-order valence-corrected chi connectivity index (χ4v) is 3.25. The topological polar surface area (TPSA) is 98.5 Å². The van der Waals surface area contributed by atoms with E-state index in [-0.39, 0.29) is 5.78 Å². The lowest BCUT2D eigenvalue weighted by molar-refractivity contribution is -0.117. The van der Waals surface area contributed by atoms with Crippen LogP contribution in [-0.2, 0) is 11.2 Å². The zero-order valence-corrected chi connectivity index (χ0v) is 17.9. The van der Waals surface area contributed by atoms with Crippen LogP contribution in [0.4, 0.5) is 11.6 Å². The summed E-state index contributed by atoms with van der Waals surface area (Å²) in [6.45, 7) is 5.85. The summed E-state index contributed by atoms with van der Waals surface area (Å²) in [4.78, 5) is 24.8. The van der Waals surface area contributed by atoms with Gasteiger partial charge in [0, 0.05) is 12.6 Å². The van der Waals surface area contributed by atoms with Crippen LogP contribution in [0.15, 0.2) is 49.2 Å². The van der Waals surface area contributed by atoms with Crippen LogP contribution < -0.4 is 5.32 Å². The molecule has 4 aromatic heterocycles. The summed E-state index contributed by atoms with van der Waals surface area (Å²) < 4.78 is 1.93. The van der Waals surface area contributed by atoms with Gasteiger partial charge in [-0.2, -0.15) is 5.10 Å². The maximum absolute atomic E-state index is 11.1. The lowest BCUT2D eigenvalue weighted by Crippen LogP contribution is -2.00. The predicted octanol–water partition coefficient (Wildman–Crippen LogP) is 4.38. The van der Waals surface area contributed by atoms with Crippen LogP contribution in [0.3, 0.4) is 0 Å². The van der Waals surface area contributed by atoms with Crippen molar-refractivity contribution in [2.75, 3.05) is 5.32 Å². The Kier molecular flexibility index (Phi) is 5.97. The number of anilines is 2. The highest BCUT2D eigenvalue weighted by Crippen LogP contribution is 2.21. The van der Waals surface area contributed by atoms with Gasteiger partial charge in [-0.15, -0.1) is 5.10 Å². The minimum atomic E-state index is 0.204. The van der Waals surface area contributed by atoms with Gasteiger partial charge in [-0.1, -0.05) is 13.8 Å². The van der Waals surface area contributed by atoms with Crippen molar-refractivity contribution < 1.29 is 4.79 Å². The van der Waals surface area contributed by atoms with Gasteiger partial charge in [0.05, 0.1) is 41.1 Å². The number of imidazole rings is 1. The third kappa shape index (κ3) is 5.09. The molecular formula is C23H25N7O.